The molecule has 0 aliphatic rings. The number of hydrogen-bond donors (Lipinski definition) is 1. The first-order chi connectivity index (χ1) is 6.90. The predicted molar refractivity (Wildman–Crippen MR) is 66.8 cm³/mol. The zero-order valence-corrected chi connectivity index (χ0v) is 11.3. The van der Waals surface area contributed by atoms with Crippen molar-refractivity contribution < 1.29 is 9.59 Å². The summed E-state index contributed by atoms with van der Waals surface area (Å²) >= 11 is 0. The van der Waals surface area contributed by atoms with Gasteiger partial charge in [0.05, 0.1) is 5.70 Å². The molecule has 0 heterocycles. The largest absolute Gasteiger partial charge is 0.386 e. The number of allylic oxidation sites excluding steroid dienone is 2. The van der Waals surface area contributed by atoms with Gasteiger partial charge in [0.15, 0.2) is 5.78 Å². The zero-order chi connectivity index (χ0) is 12.4. The monoisotopic (exact) mass is 232 g/mol. The molecule has 1 N–H and O–H groups in total. The number of amides is 1. The van der Waals surface area contributed by atoms with Gasteiger partial charge in [-0.3, -0.25) is 9.59 Å². The second-order valence-corrected chi connectivity index (χ2v) is 3.89. The lowest BCUT2D eigenvalue weighted by atomic mass is 10.3. The Bertz CT molecular complexity index is 238. The first kappa shape index (κ1) is 16.5. The molecule has 15 heavy (non-hydrogen) atoms. The number of rotatable bonds is 3. The van der Waals surface area contributed by atoms with Crippen molar-refractivity contribution in [2.45, 2.75) is 13.8 Å². The van der Waals surface area contributed by atoms with Crippen LogP contribution in [-0.4, -0.2) is 44.1 Å². The fourth-order valence-electron chi connectivity index (χ4n) is 0.747. The van der Waals surface area contributed by atoms with Crippen LogP contribution < -0.4 is 5.32 Å². The molecule has 0 fully saturated rings. The van der Waals surface area contributed by atoms with Gasteiger partial charge in [0, 0.05) is 28.1 Å². The highest BCUT2D eigenvalue weighted by atomic mass is 31.1. The van der Waals surface area contributed by atoms with Gasteiger partial charge in [0.25, 0.3) is 0 Å². The Morgan fingerprint density at radius 2 is 1.80 bits per heavy atom. The van der Waals surface area contributed by atoms with Gasteiger partial charge in [0.2, 0.25) is 5.65 Å². The number of carbonyl (C=O) groups excluding carboxylic acids is 2. The molecule has 0 aliphatic heterocycles. The summed E-state index contributed by atoms with van der Waals surface area (Å²) < 4.78 is 0. The smallest absolute Gasteiger partial charge is 0.239 e. The molecule has 0 radical (unpaired) electrons. The van der Waals surface area contributed by atoms with Crippen LogP contribution in [0.3, 0.4) is 0 Å². The number of hydrogen-bond acceptors (Lipinski definition) is 3. The SMILES string of the molecule is C/C=C(\NC)C(C)=O.CPC(=O)N(C)C. The minimum atomic E-state index is 0.0787. The average Bonchev–Trinajstić information content (AvgIpc) is 2.18. The highest BCUT2D eigenvalue weighted by Crippen LogP contribution is 2.05. The van der Waals surface area contributed by atoms with E-state index in [9.17, 15) is 9.59 Å². The lowest BCUT2D eigenvalue weighted by Gasteiger charge is -2.05. The van der Waals surface area contributed by atoms with E-state index >= 15 is 0 Å². The molecule has 0 spiro atoms. The fraction of sp³-hybridized carbons (Fsp3) is 0.600. The van der Waals surface area contributed by atoms with Crippen LogP contribution in [0, 0.1) is 0 Å². The summed E-state index contributed by atoms with van der Waals surface area (Å²) in [5, 5.41) is 2.76. The van der Waals surface area contributed by atoms with Gasteiger partial charge in [-0.2, -0.15) is 0 Å². The maximum absolute atomic E-state index is 10.5. The summed E-state index contributed by atoms with van der Waals surface area (Å²) in [4.78, 5) is 22.5. The van der Waals surface area contributed by atoms with Crippen LogP contribution in [0.25, 0.3) is 0 Å². The van der Waals surface area contributed by atoms with Crippen LogP contribution >= 0.6 is 8.58 Å². The molecule has 0 aliphatic carbocycles. The number of nitrogens with one attached hydrogen (secondary N) is 1. The van der Waals surface area contributed by atoms with Gasteiger partial charge in [-0.25, -0.2) is 0 Å². The Hall–Kier alpha value is -0.890. The molecule has 0 rings (SSSR count). The minimum absolute atomic E-state index is 0.0787. The number of ketones is 1. The van der Waals surface area contributed by atoms with Crippen molar-refractivity contribution in [1.29, 1.82) is 0 Å². The zero-order valence-electron chi connectivity index (χ0n) is 10.3. The highest BCUT2D eigenvalue weighted by Gasteiger charge is 1.95. The van der Waals surface area contributed by atoms with Crippen molar-refractivity contribution in [3.8, 4) is 0 Å². The van der Waals surface area contributed by atoms with E-state index in [0.29, 0.717) is 14.3 Å². The Balaban J connectivity index is 0. The fourth-order valence-corrected chi connectivity index (χ4v) is 1.19. The molecule has 4 nitrogen and oxygen atoms in total. The van der Waals surface area contributed by atoms with Gasteiger partial charge >= 0.3 is 0 Å². The Labute approximate surface area is 93.9 Å². The topological polar surface area (TPSA) is 49.4 Å². The summed E-state index contributed by atoms with van der Waals surface area (Å²) in [5.74, 6) is 0.0787. The molecule has 0 saturated carbocycles. The van der Waals surface area contributed by atoms with E-state index in [1.807, 2.05) is 13.6 Å². The molecular weight excluding hydrogens is 211 g/mol. The van der Waals surface area contributed by atoms with Gasteiger partial charge in [-0.1, -0.05) is 6.08 Å². The van der Waals surface area contributed by atoms with Crippen LogP contribution in [-0.2, 0) is 4.79 Å². The third-order valence-electron chi connectivity index (χ3n) is 1.56. The number of nitrogens with zero attached hydrogens (tertiary/aromatic N) is 1. The number of carbonyl (C=O) groups is 2. The third kappa shape index (κ3) is 9.42. The van der Waals surface area contributed by atoms with Crippen molar-refractivity contribution in [1.82, 2.24) is 10.2 Å². The first-order valence-electron chi connectivity index (χ1n) is 4.64. The normalized spacial score (nSPS) is 10.7. The maximum atomic E-state index is 10.5. The summed E-state index contributed by atoms with van der Waals surface area (Å²) in [6.45, 7) is 5.24. The van der Waals surface area contributed by atoms with E-state index in [-0.39, 0.29) is 11.4 Å². The van der Waals surface area contributed by atoms with Gasteiger partial charge in [0.1, 0.15) is 0 Å². The van der Waals surface area contributed by atoms with E-state index in [2.05, 4.69) is 5.32 Å². The van der Waals surface area contributed by atoms with E-state index in [1.54, 1.807) is 32.1 Å². The summed E-state index contributed by atoms with van der Waals surface area (Å²) in [6.07, 6.45) is 1.75. The molecule has 0 saturated heterocycles. The summed E-state index contributed by atoms with van der Waals surface area (Å²) in [5.41, 5.74) is 0.880. The van der Waals surface area contributed by atoms with E-state index < -0.39 is 0 Å². The van der Waals surface area contributed by atoms with Crippen molar-refractivity contribution in [2.75, 3.05) is 27.8 Å². The van der Waals surface area contributed by atoms with Crippen molar-refractivity contribution in [3.63, 3.8) is 0 Å². The van der Waals surface area contributed by atoms with Crippen LogP contribution in [0.1, 0.15) is 13.8 Å². The first-order valence-corrected chi connectivity index (χ1v) is 6.14. The Morgan fingerprint density at radius 3 is 1.80 bits per heavy atom. The lowest BCUT2D eigenvalue weighted by molar-refractivity contribution is -0.113. The van der Waals surface area contributed by atoms with Crippen molar-refractivity contribution >= 4 is 20.0 Å². The highest BCUT2D eigenvalue weighted by molar-refractivity contribution is 7.56. The van der Waals surface area contributed by atoms with Crippen LogP contribution in [0.5, 0.6) is 0 Å². The van der Waals surface area contributed by atoms with Crippen LogP contribution in [0.4, 0.5) is 4.79 Å². The van der Waals surface area contributed by atoms with Crippen molar-refractivity contribution in [2.24, 2.45) is 0 Å². The number of likely N-dealkylation sites (N-methyl/N-ethyl adjacent to an activating group) is 1. The van der Waals surface area contributed by atoms with Gasteiger partial charge < -0.3 is 10.2 Å². The molecule has 0 bridgehead atoms. The van der Waals surface area contributed by atoms with E-state index in [1.165, 1.54) is 6.92 Å². The maximum Gasteiger partial charge on any atom is 0.239 e. The molecule has 1 atom stereocenters. The predicted octanol–water partition coefficient (Wildman–Crippen LogP) is 1.67. The van der Waals surface area contributed by atoms with Gasteiger partial charge in [-0.05, 0) is 22.2 Å². The van der Waals surface area contributed by atoms with Crippen LogP contribution in [0.2, 0.25) is 0 Å². The minimum Gasteiger partial charge on any atom is -0.386 e. The molecule has 0 aromatic carbocycles. The Kier molecular flexibility index (Phi) is 10.6. The number of Topliss-reactive ketones (excluding diaryl/α,β-unsaturated/α-hetero) is 1. The second kappa shape index (κ2) is 9.66. The summed E-state index contributed by atoms with van der Waals surface area (Å²) in [6, 6.07) is 0. The molecule has 88 valence electrons. The molecule has 1 amide bonds. The molecule has 0 aromatic rings. The lowest BCUT2D eigenvalue weighted by Crippen LogP contribution is -2.14. The van der Waals surface area contributed by atoms with Crippen LogP contribution in [0.15, 0.2) is 11.8 Å². The summed E-state index contributed by atoms with van der Waals surface area (Å²) in [7, 11) is 5.66. The molecule has 5 heteroatoms. The average molecular weight is 232 g/mol. The quantitative estimate of drug-likeness (QED) is 0.595. The van der Waals surface area contributed by atoms with Gasteiger partial charge in [-0.15, -0.1) is 0 Å². The van der Waals surface area contributed by atoms with Crippen molar-refractivity contribution in [3.05, 3.63) is 11.8 Å². The second-order valence-electron chi connectivity index (χ2n) is 2.96. The molecule has 0 aromatic heterocycles. The van der Waals surface area contributed by atoms with E-state index in [4.69, 9.17) is 0 Å². The Morgan fingerprint density at radius 1 is 1.33 bits per heavy atom. The molecular formula is C10H21N2O2P. The molecule has 1 unspecified atom stereocenters. The third-order valence-corrected chi connectivity index (χ3v) is 2.43. The standard InChI is InChI=1S/C6H11NO.C4H10NOP/c1-4-6(7-3)5(2)8;1-5(2)4(6)7-3/h4,7H,1-3H3;7H,1-3H3/b6-4-;. The van der Waals surface area contributed by atoms with E-state index in [0.717, 1.165) is 0 Å².